The largest absolute Gasteiger partial charge is 0.496 e. The van der Waals surface area contributed by atoms with E-state index in [1.807, 2.05) is 18.2 Å². The molecule has 0 spiro atoms. The average molecular weight is 309 g/mol. The third-order valence-electron chi connectivity index (χ3n) is 2.59. The zero-order valence-corrected chi connectivity index (χ0v) is 11.5. The second-order valence-corrected chi connectivity index (χ2v) is 4.68. The van der Waals surface area contributed by atoms with Crippen molar-refractivity contribution in [1.82, 2.24) is 9.97 Å². The third-order valence-corrected chi connectivity index (χ3v) is 3.21. The molecule has 0 saturated heterocycles. The lowest BCUT2D eigenvalue weighted by molar-refractivity contribution is 0.173. The van der Waals surface area contributed by atoms with Crippen molar-refractivity contribution in [3.63, 3.8) is 0 Å². The fourth-order valence-electron chi connectivity index (χ4n) is 1.66. The summed E-state index contributed by atoms with van der Waals surface area (Å²) in [7, 11) is 1.62. The summed E-state index contributed by atoms with van der Waals surface area (Å²) in [6.45, 7) is 0. The van der Waals surface area contributed by atoms with Crippen molar-refractivity contribution in [2.24, 2.45) is 0 Å². The molecule has 2 rings (SSSR count). The van der Waals surface area contributed by atoms with Gasteiger partial charge in [-0.25, -0.2) is 9.97 Å². The summed E-state index contributed by atoms with van der Waals surface area (Å²) in [5, 5.41) is 10.1. The molecule has 0 aliphatic heterocycles. The fourth-order valence-corrected chi connectivity index (χ4v) is 2.25. The van der Waals surface area contributed by atoms with E-state index in [2.05, 4.69) is 25.9 Å². The van der Waals surface area contributed by atoms with Crippen molar-refractivity contribution in [2.75, 3.05) is 7.11 Å². The van der Waals surface area contributed by atoms with Gasteiger partial charge in [0.2, 0.25) is 0 Å². The molecule has 0 amide bonds. The van der Waals surface area contributed by atoms with Gasteiger partial charge in [0.1, 0.15) is 18.2 Å². The van der Waals surface area contributed by atoms with Gasteiger partial charge >= 0.3 is 0 Å². The summed E-state index contributed by atoms with van der Waals surface area (Å²) < 4.78 is 6.03. The van der Waals surface area contributed by atoms with E-state index in [-0.39, 0.29) is 0 Å². The second kappa shape index (κ2) is 5.93. The molecule has 0 saturated carbocycles. The highest BCUT2D eigenvalue weighted by molar-refractivity contribution is 9.10. The first kappa shape index (κ1) is 13.0. The zero-order chi connectivity index (χ0) is 13.0. The Morgan fingerprint density at radius 1 is 1.39 bits per heavy atom. The van der Waals surface area contributed by atoms with Crippen LogP contribution in [0.3, 0.4) is 0 Å². The maximum absolute atomic E-state index is 10.1. The smallest absolute Gasteiger partial charge is 0.133 e. The first-order valence-electron chi connectivity index (χ1n) is 5.47. The minimum absolute atomic E-state index is 0.500. The lowest BCUT2D eigenvalue weighted by atomic mass is 10.1. The van der Waals surface area contributed by atoms with Crippen LogP contribution in [0.2, 0.25) is 0 Å². The fraction of sp³-hybridized carbons (Fsp3) is 0.231. The van der Waals surface area contributed by atoms with Gasteiger partial charge in [0.15, 0.2) is 0 Å². The van der Waals surface area contributed by atoms with Crippen LogP contribution >= 0.6 is 15.9 Å². The van der Waals surface area contributed by atoms with Crippen molar-refractivity contribution >= 4 is 15.9 Å². The first-order chi connectivity index (χ1) is 8.70. The van der Waals surface area contributed by atoms with Gasteiger partial charge in [-0.1, -0.05) is 6.07 Å². The molecule has 0 bridgehead atoms. The van der Waals surface area contributed by atoms with Crippen LogP contribution < -0.4 is 4.74 Å². The molecule has 1 unspecified atom stereocenters. The van der Waals surface area contributed by atoms with E-state index < -0.39 is 6.10 Å². The van der Waals surface area contributed by atoms with Crippen molar-refractivity contribution in [1.29, 1.82) is 0 Å². The summed E-state index contributed by atoms with van der Waals surface area (Å²) in [5.41, 5.74) is 1.63. The van der Waals surface area contributed by atoms with Crippen LogP contribution in [0, 0.1) is 0 Å². The van der Waals surface area contributed by atoms with Gasteiger partial charge in [0.05, 0.1) is 17.3 Å². The lowest BCUT2D eigenvalue weighted by Crippen LogP contribution is -2.04. The summed E-state index contributed by atoms with van der Waals surface area (Å²) >= 11 is 3.42. The first-order valence-corrected chi connectivity index (χ1v) is 6.26. The average Bonchev–Trinajstić information content (AvgIpc) is 2.40. The van der Waals surface area contributed by atoms with Crippen molar-refractivity contribution in [3.8, 4) is 5.75 Å². The molecule has 0 radical (unpaired) electrons. The van der Waals surface area contributed by atoms with Crippen molar-refractivity contribution < 1.29 is 9.84 Å². The number of hydrogen-bond acceptors (Lipinski definition) is 4. The van der Waals surface area contributed by atoms with Crippen LogP contribution in [0.25, 0.3) is 0 Å². The summed E-state index contributed by atoms with van der Waals surface area (Å²) in [6, 6.07) is 7.44. The molecule has 0 fully saturated rings. The lowest BCUT2D eigenvalue weighted by Gasteiger charge is -2.11. The molecule has 1 aromatic heterocycles. The number of rotatable bonds is 4. The molecule has 1 atom stereocenters. The van der Waals surface area contributed by atoms with Gasteiger partial charge in [-0.2, -0.15) is 0 Å². The van der Waals surface area contributed by atoms with E-state index >= 15 is 0 Å². The molecule has 5 heteroatoms. The number of aromatic nitrogens is 2. The Hall–Kier alpha value is -1.46. The number of halogens is 1. The number of aliphatic hydroxyl groups excluding tert-OH is 1. The summed E-state index contributed by atoms with van der Waals surface area (Å²) in [5.74, 6) is 0.773. The summed E-state index contributed by atoms with van der Waals surface area (Å²) in [6.07, 6.45) is 2.92. The Balaban J connectivity index is 2.12. The quantitative estimate of drug-likeness (QED) is 0.943. The number of methoxy groups -OCH3 is 1. The van der Waals surface area contributed by atoms with Gasteiger partial charge in [0, 0.05) is 12.6 Å². The van der Waals surface area contributed by atoms with Crippen LogP contribution in [0.4, 0.5) is 0 Å². The Bertz CT molecular complexity index is 520. The molecule has 2 aromatic rings. The van der Waals surface area contributed by atoms with Gasteiger partial charge in [-0.15, -0.1) is 0 Å². The van der Waals surface area contributed by atoms with Gasteiger partial charge in [-0.05, 0) is 39.7 Å². The molecule has 18 heavy (non-hydrogen) atoms. The topological polar surface area (TPSA) is 55.2 Å². The monoisotopic (exact) mass is 308 g/mol. The molecule has 1 heterocycles. The molecule has 0 aliphatic carbocycles. The maximum Gasteiger partial charge on any atom is 0.133 e. The van der Waals surface area contributed by atoms with E-state index in [1.54, 1.807) is 19.4 Å². The number of nitrogens with zero attached hydrogens (tertiary/aromatic N) is 2. The Labute approximate surface area is 114 Å². The molecule has 1 aromatic carbocycles. The highest BCUT2D eigenvalue weighted by Gasteiger charge is 2.11. The SMILES string of the molecule is COc1ccc(CC(O)c2ccncn2)cc1Br. The molecule has 0 aliphatic rings. The van der Waals surface area contributed by atoms with E-state index in [0.29, 0.717) is 12.1 Å². The predicted octanol–water partition coefficient (Wildman–Crippen LogP) is 2.52. The van der Waals surface area contributed by atoms with Crippen molar-refractivity contribution in [2.45, 2.75) is 12.5 Å². The standard InChI is InChI=1S/C13H13BrN2O2/c1-18-13-3-2-9(6-10(13)14)7-12(17)11-4-5-15-8-16-11/h2-6,8,12,17H,7H2,1H3. The minimum Gasteiger partial charge on any atom is -0.496 e. The number of benzene rings is 1. The molecule has 1 N–H and O–H groups in total. The molecule has 94 valence electrons. The Morgan fingerprint density at radius 2 is 2.22 bits per heavy atom. The van der Waals surface area contributed by atoms with Crippen LogP contribution in [0.1, 0.15) is 17.4 Å². The zero-order valence-electron chi connectivity index (χ0n) is 9.88. The highest BCUT2D eigenvalue weighted by atomic mass is 79.9. The molecular weight excluding hydrogens is 296 g/mol. The molecule has 4 nitrogen and oxygen atoms in total. The normalized spacial score (nSPS) is 12.2. The van der Waals surface area contributed by atoms with E-state index in [1.165, 1.54) is 6.33 Å². The van der Waals surface area contributed by atoms with Gasteiger partial charge in [0.25, 0.3) is 0 Å². The third kappa shape index (κ3) is 3.05. The summed E-state index contributed by atoms with van der Waals surface area (Å²) in [4.78, 5) is 7.86. The Kier molecular flexibility index (Phi) is 4.28. The predicted molar refractivity (Wildman–Crippen MR) is 71.4 cm³/mol. The van der Waals surface area contributed by atoms with E-state index in [9.17, 15) is 5.11 Å². The molecular formula is C13H13BrN2O2. The number of ether oxygens (including phenoxy) is 1. The number of aliphatic hydroxyl groups is 1. The van der Waals surface area contributed by atoms with E-state index in [0.717, 1.165) is 15.8 Å². The minimum atomic E-state index is -0.631. The van der Waals surface area contributed by atoms with E-state index in [4.69, 9.17) is 4.74 Å². The second-order valence-electron chi connectivity index (χ2n) is 3.82. The van der Waals surface area contributed by atoms with Crippen LogP contribution in [0.5, 0.6) is 5.75 Å². The van der Waals surface area contributed by atoms with Gasteiger partial charge < -0.3 is 9.84 Å². The van der Waals surface area contributed by atoms with Gasteiger partial charge in [-0.3, -0.25) is 0 Å². The Morgan fingerprint density at radius 3 is 2.83 bits per heavy atom. The van der Waals surface area contributed by atoms with Crippen molar-refractivity contribution in [3.05, 3.63) is 52.5 Å². The van der Waals surface area contributed by atoms with Crippen LogP contribution in [-0.2, 0) is 6.42 Å². The van der Waals surface area contributed by atoms with Crippen LogP contribution in [-0.4, -0.2) is 22.2 Å². The highest BCUT2D eigenvalue weighted by Crippen LogP contribution is 2.27. The number of hydrogen-bond donors (Lipinski definition) is 1. The maximum atomic E-state index is 10.1. The van der Waals surface area contributed by atoms with Crippen LogP contribution in [0.15, 0.2) is 41.3 Å².